The van der Waals surface area contributed by atoms with Crippen LogP contribution >= 0.6 is 0 Å². The molecule has 1 N–H and O–H groups in total. The summed E-state index contributed by atoms with van der Waals surface area (Å²) < 4.78 is 15.6. The van der Waals surface area contributed by atoms with Crippen LogP contribution in [0.1, 0.15) is 15.9 Å². The summed E-state index contributed by atoms with van der Waals surface area (Å²) in [5.74, 6) is -0.592. The first-order chi connectivity index (χ1) is 13.9. The molecule has 0 aromatic heterocycles. The predicted molar refractivity (Wildman–Crippen MR) is 105 cm³/mol. The van der Waals surface area contributed by atoms with Crippen LogP contribution in [0.15, 0.2) is 49.1 Å². The fourth-order valence-corrected chi connectivity index (χ4v) is 2.42. The SMILES string of the molecule is C=CCOc1ccc(C(=O)OCC(=O)Nc2cccc([N+](=O)[O-])c2C)cc1OC. The highest BCUT2D eigenvalue weighted by Crippen LogP contribution is 2.28. The van der Waals surface area contributed by atoms with Gasteiger partial charge >= 0.3 is 5.97 Å². The Bertz CT molecular complexity index is 940. The number of nitro groups is 1. The molecule has 2 aromatic carbocycles. The Morgan fingerprint density at radius 1 is 1.24 bits per heavy atom. The van der Waals surface area contributed by atoms with Crippen LogP contribution in [-0.4, -0.2) is 37.1 Å². The molecule has 0 fully saturated rings. The molecule has 0 heterocycles. The van der Waals surface area contributed by atoms with Crippen molar-refractivity contribution in [2.75, 3.05) is 25.6 Å². The number of benzene rings is 2. The molecular weight excluding hydrogens is 380 g/mol. The number of anilines is 1. The van der Waals surface area contributed by atoms with E-state index in [1.54, 1.807) is 12.1 Å². The van der Waals surface area contributed by atoms with Gasteiger partial charge in [0.05, 0.1) is 28.8 Å². The second-order valence-electron chi connectivity index (χ2n) is 5.80. The van der Waals surface area contributed by atoms with Gasteiger partial charge in [-0.05, 0) is 31.2 Å². The molecule has 1 amide bonds. The molecule has 0 radical (unpaired) electrons. The van der Waals surface area contributed by atoms with Crippen LogP contribution in [0.3, 0.4) is 0 Å². The summed E-state index contributed by atoms with van der Waals surface area (Å²) in [5.41, 5.74) is 0.625. The number of carbonyl (C=O) groups is 2. The topological polar surface area (TPSA) is 117 Å². The molecule has 0 aliphatic carbocycles. The first kappa shape index (κ1) is 21.4. The Hall–Kier alpha value is -3.88. The number of hydrogen-bond donors (Lipinski definition) is 1. The first-order valence-corrected chi connectivity index (χ1v) is 8.50. The van der Waals surface area contributed by atoms with Crippen molar-refractivity contribution >= 4 is 23.3 Å². The van der Waals surface area contributed by atoms with Crippen molar-refractivity contribution < 1.29 is 28.7 Å². The zero-order valence-electron chi connectivity index (χ0n) is 16.0. The molecule has 0 spiro atoms. The van der Waals surface area contributed by atoms with Crippen molar-refractivity contribution in [2.45, 2.75) is 6.92 Å². The quantitative estimate of drug-likeness (QED) is 0.297. The number of nitrogens with one attached hydrogen (secondary N) is 1. The number of ether oxygens (including phenoxy) is 3. The van der Waals surface area contributed by atoms with Gasteiger partial charge in [-0.25, -0.2) is 4.79 Å². The number of carbonyl (C=O) groups excluding carboxylic acids is 2. The Kier molecular flexibility index (Phi) is 7.30. The smallest absolute Gasteiger partial charge is 0.338 e. The highest BCUT2D eigenvalue weighted by Gasteiger charge is 2.17. The van der Waals surface area contributed by atoms with Crippen molar-refractivity contribution in [3.05, 3.63) is 70.3 Å². The van der Waals surface area contributed by atoms with Crippen molar-refractivity contribution in [1.29, 1.82) is 0 Å². The normalized spacial score (nSPS) is 10.0. The summed E-state index contributed by atoms with van der Waals surface area (Å²) in [5, 5.41) is 13.5. The van der Waals surface area contributed by atoms with E-state index in [4.69, 9.17) is 14.2 Å². The Morgan fingerprint density at radius 3 is 2.66 bits per heavy atom. The lowest BCUT2D eigenvalue weighted by molar-refractivity contribution is -0.385. The van der Waals surface area contributed by atoms with E-state index in [0.29, 0.717) is 17.1 Å². The van der Waals surface area contributed by atoms with E-state index in [-0.39, 0.29) is 23.5 Å². The molecule has 0 bridgehead atoms. The zero-order chi connectivity index (χ0) is 21.4. The van der Waals surface area contributed by atoms with E-state index in [2.05, 4.69) is 11.9 Å². The van der Waals surface area contributed by atoms with Gasteiger partial charge < -0.3 is 19.5 Å². The van der Waals surface area contributed by atoms with Crippen LogP contribution < -0.4 is 14.8 Å². The summed E-state index contributed by atoms with van der Waals surface area (Å²) in [6.07, 6.45) is 1.57. The Labute approximate surface area is 167 Å². The minimum atomic E-state index is -0.732. The molecule has 29 heavy (non-hydrogen) atoms. The lowest BCUT2D eigenvalue weighted by atomic mass is 10.1. The molecule has 152 valence electrons. The van der Waals surface area contributed by atoms with E-state index in [1.165, 1.54) is 44.4 Å². The van der Waals surface area contributed by atoms with Gasteiger partial charge in [0.15, 0.2) is 18.1 Å². The summed E-state index contributed by atoms with van der Waals surface area (Å²) in [4.78, 5) is 34.7. The van der Waals surface area contributed by atoms with Gasteiger partial charge in [0.2, 0.25) is 0 Å². The molecule has 0 saturated heterocycles. The summed E-state index contributed by atoms with van der Waals surface area (Å²) in [7, 11) is 1.43. The van der Waals surface area contributed by atoms with Crippen LogP contribution in [0.2, 0.25) is 0 Å². The number of esters is 1. The number of nitro benzene ring substituents is 1. The standard InChI is InChI=1S/C20H20N2O7/c1-4-10-28-17-9-8-14(11-18(17)27-3)20(24)29-12-19(23)21-15-6-5-7-16(13(15)2)22(25)26/h4-9,11H,1,10,12H2,2-3H3,(H,21,23). The van der Waals surface area contributed by atoms with Gasteiger partial charge in [0, 0.05) is 6.07 Å². The number of nitrogens with zero attached hydrogens (tertiary/aromatic N) is 1. The monoisotopic (exact) mass is 400 g/mol. The Balaban J connectivity index is 2.00. The van der Waals surface area contributed by atoms with Crippen molar-refractivity contribution in [3.63, 3.8) is 0 Å². The third-order valence-corrected chi connectivity index (χ3v) is 3.87. The average Bonchev–Trinajstić information content (AvgIpc) is 2.71. The average molecular weight is 400 g/mol. The summed E-state index contributed by atoms with van der Waals surface area (Å²) >= 11 is 0. The summed E-state index contributed by atoms with van der Waals surface area (Å²) in [6.45, 7) is 4.79. The van der Waals surface area contributed by atoms with Crippen LogP contribution in [0.4, 0.5) is 11.4 Å². The highest BCUT2D eigenvalue weighted by atomic mass is 16.6. The van der Waals surface area contributed by atoms with E-state index < -0.39 is 23.4 Å². The second kappa shape index (κ2) is 9.88. The molecule has 0 atom stereocenters. The van der Waals surface area contributed by atoms with E-state index in [9.17, 15) is 19.7 Å². The summed E-state index contributed by atoms with van der Waals surface area (Å²) in [6, 6.07) is 8.77. The number of methoxy groups -OCH3 is 1. The maximum Gasteiger partial charge on any atom is 0.338 e. The molecule has 2 rings (SSSR count). The third-order valence-electron chi connectivity index (χ3n) is 3.87. The highest BCUT2D eigenvalue weighted by molar-refractivity contribution is 5.96. The fourth-order valence-electron chi connectivity index (χ4n) is 2.42. The van der Waals surface area contributed by atoms with Gasteiger partial charge in [-0.15, -0.1) is 0 Å². The molecule has 9 nitrogen and oxygen atoms in total. The third kappa shape index (κ3) is 5.55. The van der Waals surface area contributed by atoms with Gasteiger partial charge in [0.25, 0.3) is 11.6 Å². The van der Waals surface area contributed by atoms with Crippen molar-refractivity contribution in [2.24, 2.45) is 0 Å². The number of amides is 1. The minimum absolute atomic E-state index is 0.120. The molecule has 0 aliphatic heterocycles. The molecule has 0 saturated carbocycles. The van der Waals surface area contributed by atoms with Gasteiger partial charge in [-0.3, -0.25) is 14.9 Å². The van der Waals surface area contributed by atoms with Crippen molar-refractivity contribution in [1.82, 2.24) is 0 Å². The van der Waals surface area contributed by atoms with Crippen LogP contribution in [0.5, 0.6) is 11.5 Å². The minimum Gasteiger partial charge on any atom is -0.493 e. The maximum absolute atomic E-state index is 12.2. The van der Waals surface area contributed by atoms with Crippen LogP contribution in [0.25, 0.3) is 0 Å². The zero-order valence-corrected chi connectivity index (χ0v) is 16.0. The maximum atomic E-state index is 12.2. The lowest BCUT2D eigenvalue weighted by Gasteiger charge is -2.11. The van der Waals surface area contributed by atoms with E-state index >= 15 is 0 Å². The molecule has 0 unspecified atom stereocenters. The van der Waals surface area contributed by atoms with Gasteiger partial charge in [0.1, 0.15) is 6.61 Å². The van der Waals surface area contributed by atoms with Gasteiger partial charge in [-0.2, -0.15) is 0 Å². The molecule has 9 heteroatoms. The molecule has 2 aromatic rings. The van der Waals surface area contributed by atoms with Crippen LogP contribution in [-0.2, 0) is 9.53 Å². The van der Waals surface area contributed by atoms with Gasteiger partial charge in [-0.1, -0.05) is 18.7 Å². The molecule has 0 aliphatic rings. The molecular formula is C20H20N2O7. The second-order valence-corrected chi connectivity index (χ2v) is 5.80. The lowest BCUT2D eigenvalue weighted by Crippen LogP contribution is -2.21. The van der Waals surface area contributed by atoms with Crippen molar-refractivity contribution in [3.8, 4) is 11.5 Å². The van der Waals surface area contributed by atoms with E-state index in [0.717, 1.165) is 0 Å². The fraction of sp³-hybridized carbons (Fsp3) is 0.200. The predicted octanol–water partition coefficient (Wildman–Crippen LogP) is 3.27. The van der Waals surface area contributed by atoms with E-state index in [1.807, 2.05) is 0 Å². The first-order valence-electron chi connectivity index (χ1n) is 8.50. The number of rotatable bonds is 9. The largest absolute Gasteiger partial charge is 0.493 e. The van der Waals surface area contributed by atoms with Crippen LogP contribution in [0, 0.1) is 17.0 Å². The number of hydrogen-bond acceptors (Lipinski definition) is 7. The Morgan fingerprint density at radius 2 is 2.00 bits per heavy atom.